The molecule has 9 nitrogen and oxygen atoms in total. The molecule has 4 rings (SSSR count). The van der Waals surface area contributed by atoms with E-state index in [1.54, 1.807) is 30.2 Å². The Morgan fingerprint density at radius 1 is 1.19 bits per heavy atom. The predicted molar refractivity (Wildman–Crippen MR) is 120 cm³/mol. The molecule has 9 heteroatoms. The van der Waals surface area contributed by atoms with Crippen molar-refractivity contribution in [3.05, 3.63) is 47.9 Å². The predicted octanol–water partition coefficient (Wildman–Crippen LogP) is 3.79. The van der Waals surface area contributed by atoms with Crippen LogP contribution in [0.15, 0.2) is 36.5 Å². The topological polar surface area (TPSA) is 98.6 Å². The molecule has 1 N–H and O–H groups in total. The van der Waals surface area contributed by atoms with Crippen LogP contribution in [0.3, 0.4) is 0 Å². The summed E-state index contributed by atoms with van der Waals surface area (Å²) < 4.78 is 12.7. The van der Waals surface area contributed by atoms with Gasteiger partial charge in [0.15, 0.2) is 0 Å². The maximum Gasteiger partial charge on any atom is 0.410 e. The van der Waals surface area contributed by atoms with E-state index in [9.17, 15) is 9.59 Å². The Bertz CT molecular complexity index is 1170. The minimum Gasteiger partial charge on any atom is -0.494 e. The molecule has 2 amide bonds. The van der Waals surface area contributed by atoms with E-state index in [1.165, 1.54) is 0 Å². The zero-order valence-corrected chi connectivity index (χ0v) is 18.9. The van der Waals surface area contributed by atoms with Gasteiger partial charge in [0, 0.05) is 36.4 Å². The number of carbonyl (C=O) groups excluding carboxylic acids is 2. The molecule has 32 heavy (non-hydrogen) atoms. The van der Waals surface area contributed by atoms with Crippen molar-refractivity contribution in [2.75, 3.05) is 25.5 Å². The average Bonchev–Trinajstić information content (AvgIpc) is 3.06. The fraction of sp³-hybridized carbons (Fsp3) is 0.391. The van der Waals surface area contributed by atoms with E-state index in [0.29, 0.717) is 30.2 Å². The number of fused-ring (bicyclic) bond motifs is 1. The Balaban J connectivity index is 1.50. The number of nitrogens with zero attached hydrogens (tertiary/aromatic N) is 4. The summed E-state index contributed by atoms with van der Waals surface area (Å²) in [5.41, 5.74) is 1.86. The highest BCUT2D eigenvalue weighted by atomic mass is 16.6. The number of anilines is 1. The van der Waals surface area contributed by atoms with E-state index in [1.807, 2.05) is 50.7 Å². The van der Waals surface area contributed by atoms with Gasteiger partial charge in [0.25, 0.3) is 5.91 Å². The van der Waals surface area contributed by atoms with Gasteiger partial charge < -0.3 is 19.7 Å². The van der Waals surface area contributed by atoms with E-state index < -0.39 is 5.60 Å². The summed E-state index contributed by atoms with van der Waals surface area (Å²) in [5.74, 6) is 0.193. The summed E-state index contributed by atoms with van der Waals surface area (Å²) >= 11 is 0. The van der Waals surface area contributed by atoms with Gasteiger partial charge in [0.1, 0.15) is 17.0 Å². The fourth-order valence-corrected chi connectivity index (χ4v) is 3.48. The Hall–Kier alpha value is -3.62. The molecule has 2 aromatic heterocycles. The van der Waals surface area contributed by atoms with E-state index in [0.717, 1.165) is 16.6 Å². The smallest absolute Gasteiger partial charge is 0.410 e. The molecule has 3 aromatic rings. The van der Waals surface area contributed by atoms with Gasteiger partial charge in [0.05, 0.1) is 24.4 Å². The van der Waals surface area contributed by atoms with Crippen molar-refractivity contribution in [1.29, 1.82) is 0 Å². The second-order valence-corrected chi connectivity index (χ2v) is 8.88. The molecule has 0 bridgehead atoms. The van der Waals surface area contributed by atoms with Gasteiger partial charge in [-0.25, -0.2) is 9.78 Å². The molecule has 1 aliphatic rings. The summed E-state index contributed by atoms with van der Waals surface area (Å²) in [6.45, 7) is 8.44. The van der Waals surface area contributed by atoms with Crippen molar-refractivity contribution < 1.29 is 19.1 Å². The number of rotatable bonds is 4. The maximum absolute atomic E-state index is 12.6. The van der Waals surface area contributed by atoms with Crippen LogP contribution in [0.4, 0.5) is 10.5 Å². The number of aromatic nitrogens is 3. The van der Waals surface area contributed by atoms with Crippen molar-refractivity contribution in [1.82, 2.24) is 19.7 Å². The summed E-state index contributed by atoms with van der Waals surface area (Å²) in [7, 11) is 1.55. The number of methoxy groups -OCH3 is 1. The van der Waals surface area contributed by atoms with Crippen LogP contribution < -0.4 is 10.1 Å². The van der Waals surface area contributed by atoms with Crippen molar-refractivity contribution in [2.45, 2.75) is 39.3 Å². The van der Waals surface area contributed by atoms with Crippen LogP contribution in [0.25, 0.3) is 10.9 Å². The van der Waals surface area contributed by atoms with Gasteiger partial charge in [-0.3, -0.25) is 9.48 Å². The highest BCUT2D eigenvalue weighted by molar-refractivity contribution is 6.05. The number of carbonyl (C=O) groups is 2. The first-order chi connectivity index (χ1) is 15.1. The molecule has 0 aliphatic carbocycles. The van der Waals surface area contributed by atoms with E-state index in [4.69, 9.17) is 9.47 Å². The van der Waals surface area contributed by atoms with Gasteiger partial charge in [-0.1, -0.05) is 6.07 Å². The molecular formula is C23H27N5O4. The summed E-state index contributed by atoms with van der Waals surface area (Å²) in [6.07, 6.45) is 1.59. The number of hydrogen-bond donors (Lipinski definition) is 1. The third kappa shape index (κ3) is 4.51. The first-order valence-electron chi connectivity index (χ1n) is 10.4. The fourth-order valence-electron chi connectivity index (χ4n) is 3.48. The molecule has 0 spiro atoms. The molecule has 0 radical (unpaired) electrons. The third-order valence-corrected chi connectivity index (χ3v) is 5.10. The lowest BCUT2D eigenvalue weighted by atomic mass is 10.1. The zero-order chi connectivity index (χ0) is 23.0. The quantitative estimate of drug-likeness (QED) is 0.667. The van der Waals surface area contributed by atoms with Gasteiger partial charge in [-0.05, 0) is 45.9 Å². The van der Waals surface area contributed by atoms with Crippen molar-refractivity contribution in [2.24, 2.45) is 0 Å². The Labute approximate surface area is 186 Å². The number of amides is 2. The maximum atomic E-state index is 12.6. The van der Waals surface area contributed by atoms with E-state index >= 15 is 0 Å². The van der Waals surface area contributed by atoms with Gasteiger partial charge in [-0.15, -0.1) is 0 Å². The van der Waals surface area contributed by atoms with E-state index in [-0.39, 0.29) is 18.0 Å². The van der Waals surface area contributed by atoms with Crippen LogP contribution in [-0.2, 0) is 4.74 Å². The van der Waals surface area contributed by atoms with Gasteiger partial charge in [-0.2, -0.15) is 5.10 Å². The van der Waals surface area contributed by atoms with Crippen LogP contribution in [0.2, 0.25) is 0 Å². The van der Waals surface area contributed by atoms with Crippen molar-refractivity contribution in [3.63, 3.8) is 0 Å². The standard InChI is InChI=1S/C23H27N5O4/c1-14-7-6-8-17(24-14)21(29)25-19-9-15-11-28(26-18(15)10-20(19)31-5)16-12-27(13-16)22(30)32-23(2,3)4/h6-11,16H,12-13H2,1-5H3,(H,25,29). The van der Waals surface area contributed by atoms with Gasteiger partial charge >= 0.3 is 6.09 Å². The number of hydrogen-bond acceptors (Lipinski definition) is 6. The second kappa shape index (κ2) is 8.14. The molecule has 1 saturated heterocycles. The van der Waals surface area contributed by atoms with Gasteiger partial charge in [0.2, 0.25) is 0 Å². The lowest BCUT2D eigenvalue weighted by molar-refractivity contribution is -0.000300. The van der Waals surface area contributed by atoms with Crippen molar-refractivity contribution >= 4 is 28.6 Å². The Morgan fingerprint density at radius 3 is 2.59 bits per heavy atom. The monoisotopic (exact) mass is 437 g/mol. The number of likely N-dealkylation sites (tertiary alicyclic amines) is 1. The van der Waals surface area contributed by atoms with Crippen LogP contribution in [-0.4, -0.2) is 57.5 Å². The molecule has 3 heterocycles. The third-order valence-electron chi connectivity index (χ3n) is 5.10. The minimum absolute atomic E-state index is 0.0652. The average molecular weight is 438 g/mol. The molecule has 1 aliphatic heterocycles. The van der Waals surface area contributed by atoms with Crippen LogP contribution in [0, 0.1) is 6.92 Å². The highest BCUT2D eigenvalue weighted by Crippen LogP contribution is 2.32. The Kier molecular flexibility index (Phi) is 5.50. The van der Waals surface area contributed by atoms with Crippen LogP contribution in [0.5, 0.6) is 5.75 Å². The molecule has 1 aromatic carbocycles. The lowest BCUT2D eigenvalue weighted by Gasteiger charge is -2.39. The molecule has 0 unspecified atom stereocenters. The molecule has 0 saturated carbocycles. The van der Waals surface area contributed by atoms with Crippen molar-refractivity contribution in [3.8, 4) is 5.75 Å². The first kappa shape index (κ1) is 21.6. The summed E-state index contributed by atoms with van der Waals surface area (Å²) in [6, 6.07) is 8.97. The minimum atomic E-state index is -0.520. The number of nitrogens with one attached hydrogen (secondary N) is 1. The molecular weight excluding hydrogens is 410 g/mol. The summed E-state index contributed by atoms with van der Waals surface area (Å²) in [5, 5.41) is 8.36. The Morgan fingerprint density at radius 2 is 1.94 bits per heavy atom. The highest BCUT2D eigenvalue weighted by Gasteiger charge is 2.35. The number of benzene rings is 1. The molecule has 168 valence electrons. The SMILES string of the molecule is COc1cc2nn(C3CN(C(=O)OC(C)(C)C)C3)cc2cc1NC(=O)c1cccc(C)n1. The zero-order valence-electron chi connectivity index (χ0n) is 18.9. The number of aryl methyl sites for hydroxylation is 1. The van der Waals surface area contributed by atoms with Crippen LogP contribution in [0.1, 0.15) is 43.0 Å². The number of pyridine rings is 1. The van der Waals surface area contributed by atoms with E-state index in [2.05, 4.69) is 15.4 Å². The molecule has 0 atom stereocenters. The number of ether oxygens (including phenoxy) is 2. The lowest BCUT2D eigenvalue weighted by Crippen LogP contribution is -2.52. The first-order valence-corrected chi connectivity index (χ1v) is 10.4. The molecule has 1 fully saturated rings. The van der Waals surface area contributed by atoms with Crippen LogP contribution >= 0.6 is 0 Å². The normalized spacial score (nSPS) is 14.2. The summed E-state index contributed by atoms with van der Waals surface area (Å²) in [4.78, 5) is 30.7. The second-order valence-electron chi connectivity index (χ2n) is 8.88. The largest absolute Gasteiger partial charge is 0.494 e.